The van der Waals surface area contributed by atoms with Gasteiger partial charge in [0.2, 0.25) is 0 Å². The highest BCUT2D eigenvalue weighted by atomic mass is 32.1. The van der Waals surface area contributed by atoms with Crippen LogP contribution >= 0.6 is 11.3 Å². The van der Waals surface area contributed by atoms with E-state index in [1.807, 2.05) is 36.6 Å². The lowest BCUT2D eigenvalue weighted by Crippen LogP contribution is -2.00. The molecule has 0 bridgehead atoms. The summed E-state index contributed by atoms with van der Waals surface area (Å²) in [5.74, 6) is 1.53. The maximum absolute atomic E-state index is 5.07. The van der Waals surface area contributed by atoms with Crippen molar-refractivity contribution < 1.29 is 4.74 Å². The van der Waals surface area contributed by atoms with Gasteiger partial charge in [0, 0.05) is 23.7 Å². The van der Waals surface area contributed by atoms with Crippen LogP contribution in [-0.2, 0) is 17.9 Å². The molecule has 0 saturated carbocycles. The molecule has 1 aromatic carbocycles. The summed E-state index contributed by atoms with van der Waals surface area (Å²) in [7, 11) is 1.68. The number of aromatic amines is 1. The van der Waals surface area contributed by atoms with Crippen molar-refractivity contribution in [2.45, 2.75) is 20.1 Å². The van der Waals surface area contributed by atoms with Crippen LogP contribution in [0.1, 0.15) is 16.5 Å². The van der Waals surface area contributed by atoms with Gasteiger partial charge in [0.25, 0.3) is 0 Å². The fourth-order valence-corrected chi connectivity index (χ4v) is 2.79. The van der Waals surface area contributed by atoms with Gasteiger partial charge in [-0.3, -0.25) is 5.10 Å². The van der Waals surface area contributed by atoms with E-state index in [0.717, 1.165) is 27.8 Å². The molecule has 0 aliphatic heterocycles. The minimum atomic E-state index is 0.565. The smallest absolute Gasteiger partial charge is 0.181 e. The number of aryl methyl sites for hydroxylation is 1. The van der Waals surface area contributed by atoms with Crippen molar-refractivity contribution in [3.05, 3.63) is 46.2 Å². The van der Waals surface area contributed by atoms with Gasteiger partial charge in [-0.2, -0.15) is 5.10 Å². The Morgan fingerprint density at radius 3 is 2.73 bits per heavy atom. The van der Waals surface area contributed by atoms with E-state index < -0.39 is 0 Å². The number of ether oxygens (including phenoxy) is 1. The van der Waals surface area contributed by atoms with E-state index in [2.05, 4.69) is 25.5 Å². The normalized spacial score (nSPS) is 10.8. The summed E-state index contributed by atoms with van der Waals surface area (Å²) in [6.07, 6.45) is 0. The van der Waals surface area contributed by atoms with Crippen LogP contribution in [0.25, 0.3) is 11.4 Å². The van der Waals surface area contributed by atoms with Gasteiger partial charge in [-0.1, -0.05) is 0 Å². The van der Waals surface area contributed by atoms with Crippen LogP contribution in [0.2, 0.25) is 0 Å². The molecule has 0 spiro atoms. The molecule has 0 fully saturated rings. The maximum Gasteiger partial charge on any atom is 0.181 e. The van der Waals surface area contributed by atoms with Crippen molar-refractivity contribution in [3.63, 3.8) is 0 Å². The summed E-state index contributed by atoms with van der Waals surface area (Å²) >= 11 is 1.62. The Morgan fingerprint density at radius 2 is 2.05 bits per heavy atom. The first kappa shape index (κ1) is 14.7. The lowest BCUT2D eigenvalue weighted by atomic mass is 10.2. The number of aromatic nitrogens is 4. The number of H-pyrrole nitrogens is 1. The molecule has 0 saturated heterocycles. The lowest BCUT2D eigenvalue weighted by Gasteiger charge is -2.05. The van der Waals surface area contributed by atoms with E-state index >= 15 is 0 Å². The van der Waals surface area contributed by atoms with Crippen LogP contribution < -0.4 is 5.32 Å². The van der Waals surface area contributed by atoms with E-state index in [9.17, 15) is 0 Å². The average molecular weight is 315 g/mol. The number of methoxy groups -OCH3 is 1. The quantitative estimate of drug-likeness (QED) is 0.731. The van der Waals surface area contributed by atoms with Crippen molar-refractivity contribution in [3.8, 4) is 11.4 Å². The summed E-state index contributed by atoms with van der Waals surface area (Å²) in [5, 5.41) is 13.4. The van der Waals surface area contributed by atoms with E-state index in [1.54, 1.807) is 18.4 Å². The molecule has 0 radical (unpaired) electrons. The summed E-state index contributed by atoms with van der Waals surface area (Å²) < 4.78 is 5.07. The molecule has 2 heterocycles. The number of hydrogen-bond donors (Lipinski definition) is 2. The summed E-state index contributed by atoms with van der Waals surface area (Å²) in [6.45, 7) is 3.15. The predicted octanol–water partition coefficient (Wildman–Crippen LogP) is 3.00. The zero-order valence-corrected chi connectivity index (χ0v) is 13.3. The second-order valence-corrected chi connectivity index (χ2v) is 5.78. The summed E-state index contributed by atoms with van der Waals surface area (Å²) in [4.78, 5) is 8.81. The van der Waals surface area contributed by atoms with Gasteiger partial charge < -0.3 is 10.1 Å². The molecule has 3 aromatic rings. The van der Waals surface area contributed by atoms with Crippen LogP contribution in [0.4, 0.5) is 5.69 Å². The maximum atomic E-state index is 5.07. The number of benzene rings is 1. The van der Waals surface area contributed by atoms with Crippen LogP contribution in [0.3, 0.4) is 0 Å². The molecule has 0 atom stereocenters. The first-order valence-electron chi connectivity index (χ1n) is 6.90. The van der Waals surface area contributed by atoms with E-state index in [0.29, 0.717) is 19.0 Å². The molecule has 0 aliphatic rings. The van der Waals surface area contributed by atoms with Gasteiger partial charge in [0.15, 0.2) is 5.82 Å². The number of nitrogens with zero attached hydrogens (tertiary/aromatic N) is 3. The lowest BCUT2D eigenvalue weighted by molar-refractivity contribution is 0.184. The van der Waals surface area contributed by atoms with Crippen LogP contribution in [0, 0.1) is 6.92 Å². The van der Waals surface area contributed by atoms with Crippen molar-refractivity contribution >= 4 is 17.0 Å². The largest absolute Gasteiger partial charge is 0.379 e. The zero-order chi connectivity index (χ0) is 15.4. The molecule has 2 N–H and O–H groups in total. The summed E-state index contributed by atoms with van der Waals surface area (Å²) in [5.41, 5.74) is 3.05. The first-order valence-corrected chi connectivity index (χ1v) is 7.78. The highest BCUT2D eigenvalue weighted by Crippen LogP contribution is 2.19. The Kier molecular flexibility index (Phi) is 4.45. The number of anilines is 1. The fraction of sp³-hybridized carbons (Fsp3) is 0.267. The van der Waals surface area contributed by atoms with E-state index in [4.69, 9.17) is 4.74 Å². The van der Waals surface area contributed by atoms with Crippen molar-refractivity contribution in [2.75, 3.05) is 12.4 Å². The molecule has 0 unspecified atom stereocenters. The number of hydrogen-bond acceptors (Lipinski definition) is 6. The van der Waals surface area contributed by atoms with E-state index in [-0.39, 0.29) is 0 Å². The van der Waals surface area contributed by atoms with Gasteiger partial charge in [-0.05, 0) is 31.2 Å². The third-order valence-corrected chi connectivity index (χ3v) is 3.95. The first-order chi connectivity index (χ1) is 10.7. The molecule has 7 heteroatoms. The summed E-state index contributed by atoms with van der Waals surface area (Å²) in [6, 6.07) is 8.04. The molecular weight excluding hydrogens is 298 g/mol. The SMILES string of the molecule is COCc1nc(CNc2ccc(-c3n[nH]c(C)n3)cc2)cs1. The van der Waals surface area contributed by atoms with Gasteiger partial charge in [-0.25, -0.2) is 9.97 Å². The van der Waals surface area contributed by atoms with E-state index in [1.165, 1.54) is 0 Å². The molecule has 22 heavy (non-hydrogen) atoms. The Balaban J connectivity index is 1.61. The molecule has 6 nitrogen and oxygen atoms in total. The Bertz CT molecular complexity index is 734. The third kappa shape index (κ3) is 3.49. The highest BCUT2D eigenvalue weighted by Gasteiger charge is 2.04. The number of nitrogens with one attached hydrogen (secondary N) is 2. The molecule has 0 aliphatic carbocycles. The minimum absolute atomic E-state index is 0.565. The Labute approximate surface area is 132 Å². The molecular formula is C15H17N5OS. The minimum Gasteiger partial charge on any atom is -0.379 e. The Hall–Kier alpha value is -2.25. The van der Waals surface area contributed by atoms with Crippen LogP contribution in [0.15, 0.2) is 29.6 Å². The molecule has 2 aromatic heterocycles. The fourth-order valence-electron chi connectivity index (χ4n) is 2.02. The van der Waals surface area contributed by atoms with Crippen molar-refractivity contribution in [2.24, 2.45) is 0 Å². The van der Waals surface area contributed by atoms with Crippen LogP contribution in [0.5, 0.6) is 0 Å². The zero-order valence-electron chi connectivity index (χ0n) is 12.5. The standard InChI is InChI=1S/C15H17N5OS/c1-10-17-15(20-19-10)11-3-5-12(6-4-11)16-7-13-9-22-14(18-13)8-21-2/h3-6,9,16H,7-8H2,1-2H3,(H,17,19,20). The molecule has 0 amide bonds. The van der Waals surface area contributed by atoms with Gasteiger partial charge in [0.05, 0.1) is 18.8 Å². The second kappa shape index (κ2) is 6.67. The topological polar surface area (TPSA) is 75.7 Å². The van der Waals surface area contributed by atoms with Gasteiger partial charge in [0.1, 0.15) is 10.8 Å². The number of thiazole rings is 1. The molecule has 3 rings (SSSR count). The van der Waals surface area contributed by atoms with Crippen molar-refractivity contribution in [1.82, 2.24) is 20.2 Å². The van der Waals surface area contributed by atoms with Crippen LogP contribution in [-0.4, -0.2) is 27.3 Å². The highest BCUT2D eigenvalue weighted by molar-refractivity contribution is 7.09. The number of rotatable bonds is 6. The third-order valence-electron chi connectivity index (χ3n) is 3.08. The Morgan fingerprint density at radius 1 is 1.23 bits per heavy atom. The van der Waals surface area contributed by atoms with Gasteiger partial charge >= 0.3 is 0 Å². The average Bonchev–Trinajstić information content (AvgIpc) is 3.15. The second-order valence-electron chi connectivity index (χ2n) is 4.84. The van der Waals surface area contributed by atoms with Gasteiger partial charge in [-0.15, -0.1) is 11.3 Å². The molecule has 114 valence electrons. The van der Waals surface area contributed by atoms with Crippen molar-refractivity contribution in [1.29, 1.82) is 0 Å². The monoisotopic (exact) mass is 315 g/mol. The predicted molar refractivity (Wildman–Crippen MR) is 86.7 cm³/mol.